The molecule has 1 fully saturated rings. The van der Waals surface area contributed by atoms with Crippen molar-refractivity contribution < 1.29 is 9.18 Å². The number of hydrogen-bond acceptors (Lipinski definition) is 4. The maximum atomic E-state index is 14.0. The Morgan fingerprint density at radius 2 is 2.14 bits per heavy atom. The Morgan fingerprint density at radius 1 is 1.43 bits per heavy atom. The predicted molar refractivity (Wildman–Crippen MR) is 80.4 cm³/mol. The Morgan fingerprint density at radius 3 is 2.76 bits per heavy atom. The number of ketones is 1. The Labute approximate surface area is 123 Å². The van der Waals surface area contributed by atoms with Gasteiger partial charge in [0.05, 0.1) is 24.6 Å². The van der Waals surface area contributed by atoms with Crippen LogP contribution in [-0.4, -0.2) is 29.1 Å². The lowest BCUT2D eigenvalue weighted by molar-refractivity contribution is 0.101. The molecule has 0 spiro atoms. The van der Waals surface area contributed by atoms with Gasteiger partial charge in [-0.05, 0) is 45.1 Å². The zero-order valence-electron chi connectivity index (χ0n) is 12.0. The van der Waals surface area contributed by atoms with Gasteiger partial charge < -0.3 is 5.32 Å². The minimum Gasteiger partial charge on any atom is -0.363 e. The van der Waals surface area contributed by atoms with Crippen LogP contribution in [0.4, 0.5) is 10.2 Å². The molecule has 1 aliphatic carbocycles. The lowest BCUT2D eigenvalue weighted by Crippen LogP contribution is -2.18. The average molecular weight is 283 g/mol. The van der Waals surface area contributed by atoms with Gasteiger partial charge in [-0.2, -0.15) is 0 Å². The number of nitrogens with zero attached hydrogens (tertiary/aromatic N) is 2. The number of carbonyl (C=O) groups excluding carboxylic acids is 1. The minimum absolute atomic E-state index is 0.0263. The normalized spacial score (nSPS) is 16.0. The van der Waals surface area contributed by atoms with Crippen molar-refractivity contribution in [3.05, 3.63) is 29.2 Å². The molecule has 1 aliphatic rings. The summed E-state index contributed by atoms with van der Waals surface area (Å²) >= 11 is 0. The summed E-state index contributed by atoms with van der Waals surface area (Å²) in [4.78, 5) is 20.8. The number of carbonyl (C=O) groups is 1. The first-order valence-electron chi connectivity index (χ1n) is 6.92. The molecule has 1 aromatic carbocycles. The first-order valence-corrected chi connectivity index (χ1v) is 6.92. The third-order valence-electron chi connectivity index (χ3n) is 3.84. The number of fused-ring (bicyclic) bond motifs is 1. The third-order valence-corrected chi connectivity index (χ3v) is 3.84. The lowest BCUT2D eigenvalue weighted by atomic mass is 9.94. The highest BCUT2D eigenvalue weighted by Crippen LogP contribution is 2.38. The Balaban J connectivity index is 2.19. The molecular weight excluding hydrogens is 268 g/mol. The highest BCUT2D eigenvalue weighted by molar-refractivity contribution is 6.26. The number of Topliss-reactive ketones (excluding diaryl/α,β-unsaturated/α-hetero) is 1. The van der Waals surface area contributed by atoms with Crippen LogP contribution < -0.4 is 5.32 Å². The molecule has 1 saturated carbocycles. The average Bonchev–Trinajstić information content (AvgIpc) is 3.17. The maximum Gasteiger partial charge on any atom is 0.159 e. The predicted octanol–water partition coefficient (Wildman–Crippen LogP) is 2.81. The van der Waals surface area contributed by atoms with Gasteiger partial charge in [-0.1, -0.05) is 0 Å². The molecule has 3 rings (SSSR count). The smallest absolute Gasteiger partial charge is 0.159 e. The van der Waals surface area contributed by atoms with E-state index in [1.165, 1.54) is 12.1 Å². The molecule has 0 unspecified atom stereocenters. The SMILES string of the molecule is [B]CC(=O)c1c(F)ccc2nc(C)c(NC3(C)CC3)nc12. The molecule has 2 radical (unpaired) electrons. The highest BCUT2D eigenvalue weighted by atomic mass is 19.1. The van der Waals surface area contributed by atoms with Crippen LogP contribution in [0.3, 0.4) is 0 Å². The van der Waals surface area contributed by atoms with Crippen LogP contribution in [0.25, 0.3) is 11.0 Å². The third kappa shape index (κ3) is 2.50. The van der Waals surface area contributed by atoms with Crippen molar-refractivity contribution in [2.75, 3.05) is 5.32 Å². The van der Waals surface area contributed by atoms with Crippen molar-refractivity contribution in [1.29, 1.82) is 0 Å². The molecule has 0 atom stereocenters. The number of nitrogens with one attached hydrogen (secondary N) is 1. The molecule has 0 saturated heterocycles. The first kappa shape index (κ1) is 14.0. The molecular formula is C15H15BFN3O. The van der Waals surface area contributed by atoms with Gasteiger partial charge >= 0.3 is 0 Å². The van der Waals surface area contributed by atoms with E-state index in [0.717, 1.165) is 18.5 Å². The van der Waals surface area contributed by atoms with Gasteiger partial charge in [-0.15, -0.1) is 0 Å². The van der Waals surface area contributed by atoms with Crippen molar-refractivity contribution >= 4 is 30.5 Å². The van der Waals surface area contributed by atoms with Crippen molar-refractivity contribution in [2.45, 2.75) is 38.5 Å². The van der Waals surface area contributed by atoms with Crippen LogP contribution >= 0.6 is 0 Å². The van der Waals surface area contributed by atoms with E-state index >= 15 is 0 Å². The van der Waals surface area contributed by atoms with E-state index in [4.69, 9.17) is 7.85 Å². The number of aryl methyl sites for hydroxylation is 1. The fourth-order valence-corrected chi connectivity index (χ4v) is 2.27. The standard InChI is InChI=1S/C15H15BFN3O/c1-8-14(20-15(2)5-6-15)19-13-10(18-8)4-3-9(17)12(13)11(21)7-16/h3-4H,5-7H2,1-2H3,(H,19,20). The number of benzene rings is 1. The summed E-state index contributed by atoms with van der Waals surface area (Å²) < 4.78 is 14.0. The van der Waals surface area contributed by atoms with Crippen molar-refractivity contribution in [1.82, 2.24) is 9.97 Å². The van der Waals surface area contributed by atoms with Crippen LogP contribution in [-0.2, 0) is 0 Å². The van der Waals surface area contributed by atoms with E-state index < -0.39 is 11.6 Å². The summed E-state index contributed by atoms with van der Waals surface area (Å²) in [5.74, 6) is -0.487. The molecule has 106 valence electrons. The van der Waals surface area contributed by atoms with Gasteiger partial charge in [0.1, 0.15) is 17.2 Å². The Hall–Kier alpha value is -1.98. The Kier molecular flexibility index (Phi) is 3.19. The van der Waals surface area contributed by atoms with Gasteiger partial charge in [0, 0.05) is 5.54 Å². The maximum absolute atomic E-state index is 14.0. The summed E-state index contributed by atoms with van der Waals surface area (Å²) in [5.41, 5.74) is 1.44. The van der Waals surface area contributed by atoms with Crippen LogP contribution in [0, 0.1) is 12.7 Å². The quantitative estimate of drug-likeness (QED) is 0.692. The number of halogens is 1. The second kappa shape index (κ2) is 4.79. The molecule has 4 nitrogen and oxygen atoms in total. The van der Waals surface area contributed by atoms with E-state index in [0.29, 0.717) is 11.3 Å². The van der Waals surface area contributed by atoms with Gasteiger partial charge in [0.15, 0.2) is 5.78 Å². The summed E-state index contributed by atoms with van der Waals surface area (Å²) in [5, 5.41) is 3.32. The molecule has 1 aromatic heterocycles. The number of rotatable bonds is 4. The molecule has 21 heavy (non-hydrogen) atoms. The van der Waals surface area contributed by atoms with Gasteiger partial charge in [-0.3, -0.25) is 4.79 Å². The molecule has 1 heterocycles. The molecule has 2 aromatic rings. The van der Waals surface area contributed by atoms with Gasteiger partial charge in [0.2, 0.25) is 0 Å². The fraction of sp³-hybridized carbons (Fsp3) is 0.400. The van der Waals surface area contributed by atoms with Gasteiger partial charge in [-0.25, -0.2) is 14.4 Å². The second-order valence-electron chi connectivity index (χ2n) is 5.76. The minimum atomic E-state index is -0.611. The van der Waals surface area contributed by atoms with Gasteiger partial charge in [0.25, 0.3) is 0 Å². The molecule has 0 amide bonds. The van der Waals surface area contributed by atoms with Crippen molar-refractivity contribution in [3.8, 4) is 0 Å². The lowest BCUT2D eigenvalue weighted by Gasteiger charge is -2.15. The van der Waals surface area contributed by atoms with Crippen LogP contribution in [0.1, 0.15) is 35.8 Å². The molecule has 6 heteroatoms. The first-order chi connectivity index (χ1) is 9.93. The van der Waals surface area contributed by atoms with E-state index in [1.54, 1.807) is 0 Å². The molecule has 0 bridgehead atoms. The molecule has 0 aliphatic heterocycles. The highest BCUT2D eigenvalue weighted by Gasteiger charge is 2.38. The Bertz CT molecular complexity index is 743. The summed E-state index contributed by atoms with van der Waals surface area (Å²) in [6, 6.07) is 2.76. The molecule has 1 N–H and O–H groups in total. The number of anilines is 1. The van der Waals surface area contributed by atoms with E-state index in [-0.39, 0.29) is 22.9 Å². The monoisotopic (exact) mass is 283 g/mol. The van der Waals surface area contributed by atoms with E-state index in [9.17, 15) is 9.18 Å². The van der Waals surface area contributed by atoms with E-state index in [1.807, 2.05) is 6.92 Å². The second-order valence-corrected chi connectivity index (χ2v) is 5.76. The van der Waals surface area contributed by atoms with Crippen LogP contribution in [0.2, 0.25) is 6.32 Å². The zero-order valence-corrected chi connectivity index (χ0v) is 12.0. The summed E-state index contributed by atoms with van der Waals surface area (Å²) in [7, 11) is 5.36. The number of aromatic nitrogens is 2. The number of hydrogen-bond donors (Lipinski definition) is 1. The topological polar surface area (TPSA) is 54.9 Å². The fourth-order valence-electron chi connectivity index (χ4n) is 2.27. The van der Waals surface area contributed by atoms with Crippen LogP contribution in [0.15, 0.2) is 12.1 Å². The van der Waals surface area contributed by atoms with Crippen molar-refractivity contribution in [2.24, 2.45) is 0 Å². The zero-order chi connectivity index (χ0) is 15.2. The summed E-state index contributed by atoms with van der Waals surface area (Å²) in [6.07, 6.45) is 1.86. The van der Waals surface area contributed by atoms with Crippen molar-refractivity contribution in [3.63, 3.8) is 0 Å². The van der Waals surface area contributed by atoms with E-state index in [2.05, 4.69) is 22.2 Å². The summed E-state index contributed by atoms with van der Waals surface area (Å²) in [6.45, 7) is 3.93. The van der Waals surface area contributed by atoms with Crippen LogP contribution in [0.5, 0.6) is 0 Å². The largest absolute Gasteiger partial charge is 0.363 e.